The maximum absolute atomic E-state index is 9.76. The highest BCUT2D eigenvalue weighted by molar-refractivity contribution is 7.80. The summed E-state index contributed by atoms with van der Waals surface area (Å²) in [6.07, 6.45) is 0. The molecule has 0 spiro atoms. The largest absolute Gasteiger partial charge is 0.480 e. The second-order valence-electron chi connectivity index (χ2n) is 3.86. The molecule has 0 amide bonds. The average molecular weight is 225 g/mol. The number of nitrogens with two attached hydrogens (primary N) is 1. The molecule has 4 N–H and O–H groups in total. The van der Waals surface area contributed by atoms with Crippen molar-refractivity contribution >= 4 is 18.6 Å². The van der Waals surface area contributed by atoms with E-state index in [0.717, 1.165) is 11.0 Å². The Morgan fingerprint density at radius 1 is 1.50 bits per heavy atom. The smallest absolute Gasteiger partial charge is 0.321 e. The van der Waals surface area contributed by atoms with E-state index in [1.54, 1.807) is 0 Å². The number of aliphatic hydroxyl groups excluding tert-OH is 1. The lowest BCUT2D eigenvalue weighted by atomic mass is 10.4. The van der Waals surface area contributed by atoms with Crippen molar-refractivity contribution in [2.45, 2.75) is 6.04 Å². The van der Waals surface area contributed by atoms with Crippen LogP contribution in [-0.2, 0) is 4.79 Å². The molecule has 0 aliphatic heterocycles. The van der Waals surface area contributed by atoms with E-state index in [0.29, 0.717) is 0 Å². The van der Waals surface area contributed by atoms with E-state index >= 15 is 0 Å². The molecule has 0 aromatic rings. The van der Waals surface area contributed by atoms with Gasteiger partial charge in [-0.15, -0.1) is 0 Å². The Balaban J connectivity index is 0. The maximum atomic E-state index is 9.76. The van der Waals surface area contributed by atoms with E-state index in [1.165, 1.54) is 0 Å². The van der Waals surface area contributed by atoms with Crippen LogP contribution in [0, 0.1) is 0 Å². The molecule has 0 heterocycles. The van der Waals surface area contributed by atoms with Gasteiger partial charge in [0.15, 0.2) is 0 Å². The quantitative estimate of drug-likeness (QED) is 0.366. The van der Waals surface area contributed by atoms with Crippen molar-refractivity contribution in [3.63, 3.8) is 0 Å². The lowest BCUT2D eigenvalue weighted by Gasteiger charge is -2.21. The van der Waals surface area contributed by atoms with E-state index in [9.17, 15) is 4.79 Å². The molecule has 6 heteroatoms. The standard InChI is InChI=1S/C5H14NO.C3H7NO2S/c1-6(2,3)4-5-7;4-2(1-7)3(5)6/h7H,4-5H2,1-3H3;2,7H,1,4H2,(H,5,6)/q+1;/t;2-/m.0/s1. The van der Waals surface area contributed by atoms with Crippen LogP contribution in [0.3, 0.4) is 0 Å². The van der Waals surface area contributed by atoms with Crippen LogP contribution in [0.25, 0.3) is 0 Å². The summed E-state index contributed by atoms with van der Waals surface area (Å²) in [5.41, 5.74) is 4.94. The third-order valence-electron chi connectivity index (χ3n) is 1.28. The van der Waals surface area contributed by atoms with Gasteiger partial charge in [0, 0.05) is 5.75 Å². The zero-order valence-electron chi connectivity index (χ0n) is 8.97. The molecule has 0 aromatic carbocycles. The van der Waals surface area contributed by atoms with E-state index in [4.69, 9.17) is 15.9 Å². The van der Waals surface area contributed by atoms with Gasteiger partial charge in [-0.3, -0.25) is 4.79 Å². The maximum Gasteiger partial charge on any atom is 0.321 e. The highest BCUT2D eigenvalue weighted by Gasteiger charge is 2.06. The Labute approximate surface area is 90.5 Å². The second kappa shape index (κ2) is 8.05. The van der Waals surface area contributed by atoms with Gasteiger partial charge in [0.2, 0.25) is 0 Å². The molecule has 0 aromatic heterocycles. The number of aliphatic hydroxyl groups is 1. The summed E-state index contributed by atoms with van der Waals surface area (Å²) in [5.74, 6) is -0.815. The van der Waals surface area contributed by atoms with Crippen LogP contribution in [0.5, 0.6) is 0 Å². The Kier molecular flexibility index (Phi) is 9.28. The molecule has 14 heavy (non-hydrogen) atoms. The van der Waals surface area contributed by atoms with E-state index in [1.807, 2.05) is 0 Å². The fourth-order valence-electron chi connectivity index (χ4n) is 0.378. The number of carbonyl (C=O) groups is 1. The number of quaternary nitrogens is 1. The van der Waals surface area contributed by atoms with Crippen molar-refractivity contribution in [2.24, 2.45) is 5.73 Å². The number of nitrogens with zero attached hydrogens (tertiary/aromatic N) is 1. The Morgan fingerprint density at radius 3 is 1.93 bits per heavy atom. The normalized spacial score (nSPS) is 12.7. The summed E-state index contributed by atoms with van der Waals surface area (Å²) in [5, 5.41) is 16.4. The fourth-order valence-corrected chi connectivity index (χ4v) is 0.534. The second-order valence-corrected chi connectivity index (χ2v) is 4.23. The van der Waals surface area contributed by atoms with Crippen molar-refractivity contribution in [2.75, 3.05) is 40.0 Å². The fraction of sp³-hybridized carbons (Fsp3) is 0.875. The molecule has 0 saturated carbocycles. The van der Waals surface area contributed by atoms with Crippen LogP contribution in [0.2, 0.25) is 0 Å². The number of hydrogen-bond acceptors (Lipinski definition) is 4. The molecule has 86 valence electrons. The van der Waals surface area contributed by atoms with Crippen LogP contribution in [-0.4, -0.2) is 66.8 Å². The predicted molar refractivity (Wildman–Crippen MR) is 59.4 cm³/mol. The summed E-state index contributed by atoms with van der Waals surface area (Å²) in [7, 11) is 6.16. The molecule has 0 bridgehead atoms. The molecule has 0 rings (SSSR count). The van der Waals surface area contributed by atoms with Gasteiger partial charge in [-0.25, -0.2) is 0 Å². The van der Waals surface area contributed by atoms with Crippen LogP contribution in [0.1, 0.15) is 0 Å². The van der Waals surface area contributed by atoms with Gasteiger partial charge in [0.25, 0.3) is 0 Å². The molecular formula is C8H21N2O3S+. The van der Waals surface area contributed by atoms with Gasteiger partial charge in [-0.1, -0.05) is 0 Å². The number of carboxylic acids is 1. The third-order valence-corrected chi connectivity index (χ3v) is 1.68. The van der Waals surface area contributed by atoms with E-state index in [-0.39, 0.29) is 12.4 Å². The molecule has 5 nitrogen and oxygen atoms in total. The Hall–Kier alpha value is -0.300. The van der Waals surface area contributed by atoms with E-state index < -0.39 is 12.0 Å². The minimum absolute atomic E-state index is 0.190. The summed E-state index contributed by atoms with van der Waals surface area (Å²) in [6, 6.07) is -0.816. The lowest BCUT2D eigenvalue weighted by Crippen LogP contribution is -2.36. The van der Waals surface area contributed by atoms with Crippen molar-refractivity contribution < 1.29 is 19.5 Å². The van der Waals surface area contributed by atoms with E-state index in [2.05, 4.69) is 33.8 Å². The van der Waals surface area contributed by atoms with Crippen molar-refractivity contribution in [3.05, 3.63) is 0 Å². The third kappa shape index (κ3) is 14.2. The van der Waals surface area contributed by atoms with Gasteiger partial charge in [0.05, 0.1) is 27.7 Å². The molecule has 0 unspecified atom stereocenters. The van der Waals surface area contributed by atoms with Crippen molar-refractivity contribution in [3.8, 4) is 0 Å². The first kappa shape index (κ1) is 16.1. The topological polar surface area (TPSA) is 83.5 Å². The number of carboxylic acid groups (broad SMARTS) is 1. The van der Waals surface area contributed by atoms with Gasteiger partial charge < -0.3 is 20.4 Å². The Bertz CT molecular complexity index is 159. The number of likely N-dealkylation sites (N-methyl/N-ethyl adjacent to an activating group) is 1. The Morgan fingerprint density at radius 2 is 1.93 bits per heavy atom. The number of thiol groups is 1. The predicted octanol–water partition coefficient (Wildman–Crippen LogP) is -0.987. The monoisotopic (exact) mass is 225 g/mol. The molecule has 0 saturated heterocycles. The molecular weight excluding hydrogens is 204 g/mol. The van der Waals surface area contributed by atoms with Crippen LogP contribution >= 0.6 is 12.6 Å². The zero-order valence-corrected chi connectivity index (χ0v) is 9.87. The average Bonchev–Trinajstić information content (AvgIpc) is 2.01. The van der Waals surface area contributed by atoms with Crippen LogP contribution in [0.15, 0.2) is 0 Å². The highest BCUT2D eigenvalue weighted by atomic mass is 32.1. The first-order valence-electron chi connectivity index (χ1n) is 4.25. The van der Waals surface area contributed by atoms with Gasteiger partial charge in [-0.2, -0.15) is 12.6 Å². The molecule has 1 atom stereocenters. The molecule has 0 radical (unpaired) electrons. The molecule has 0 aliphatic rings. The van der Waals surface area contributed by atoms with Crippen LogP contribution < -0.4 is 5.73 Å². The van der Waals surface area contributed by atoms with Crippen LogP contribution in [0.4, 0.5) is 0 Å². The summed E-state index contributed by atoms with van der Waals surface area (Å²) < 4.78 is 0.844. The number of hydrogen-bond donors (Lipinski definition) is 4. The number of aliphatic carboxylic acids is 1. The minimum atomic E-state index is -1.00. The van der Waals surface area contributed by atoms with Crippen molar-refractivity contribution in [1.29, 1.82) is 0 Å². The molecule has 0 aliphatic carbocycles. The highest BCUT2D eigenvalue weighted by Crippen LogP contribution is 1.84. The first-order valence-corrected chi connectivity index (χ1v) is 4.88. The SMILES string of the molecule is C[N+](C)(C)CCO.N[C@@H](CS)C(=O)O. The molecule has 0 fully saturated rings. The summed E-state index contributed by atoms with van der Waals surface area (Å²) in [6.45, 7) is 1.11. The number of rotatable bonds is 4. The summed E-state index contributed by atoms with van der Waals surface area (Å²) in [4.78, 5) is 9.76. The lowest BCUT2D eigenvalue weighted by molar-refractivity contribution is -0.870. The van der Waals surface area contributed by atoms with Gasteiger partial charge >= 0.3 is 5.97 Å². The minimum Gasteiger partial charge on any atom is -0.480 e. The van der Waals surface area contributed by atoms with Crippen molar-refractivity contribution in [1.82, 2.24) is 0 Å². The van der Waals surface area contributed by atoms with Gasteiger partial charge in [-0.05, 0) is 0 Å². The zero-order chi connectivity index (χ0) is 11.8. The first-order chi connectivity index (χ1) is 6.24. The summed E-state index contributed by atoms with van der Waals surface area (Å²) >= 11 is 3.65. The van der Waals surface area contributed by atoms with Gasteiger partial charge in [0.1, 0.15) is 12.6 Å².